The van der Waals surface area contributed by atoms with E-state index in [1.165, 1.54) is 0 Å². The van der Waals surface area contributed by atoms with Crippen LogP contribution in [0.4, 0.5) is 0 Å². The van der Waals surface area contributed by atoms with E-state index in [2.05, 4.69) is 48.2 Å². The maximum Gasteiger partial charge on any atom is 0.257 e. The van der Waals surface area contributed by atoms with Crippen molar-refractivity contribution in [1.29, 1.82) is 0 Å². The van der Waals surface area contributed by atoms with Gasteiger partial charge in [-0.05, 0) is 60.7 Å². The molecule has 0 spiro atoms. The minimum atomic E-state index is -0.213. The van der Waals surface area contributed by atoms with Gasteiger partial charge in [-0.15, -0.1) is 5.10 Å². The van der Waals surface area contributed by atoms with Crippen LogP contribution in [0.15, 0.2) is 29.1 Å². The predicted octanol–water partition coefficient (Wildman–Crippen LogP) is 1.50. The first-order chi connectivity index (χ1) is 14.3. The zero-order valence-electron chi connectivity index (χ0n) is 18.6. The maximum absolute atomic E-state index is 12.8. The summed E-state index contributed by atoms with van der Waals surface area (Å²) in [5.74, 6) is 0.792. The van der Waals surface area contributed by atoms with E-state index in [-0.39, 0.29) is 23.7 Å². The second-order valence-electron chi connectivity index (χ2n) is 8.60. The highest BCUT2D eigenvalue weighted by molar-refractivity contribution is 5.79. The number of nitrogens with zero attached hydrogens (tertiary/aromatic N) is 4. The third-order valence-corrected chi connectivity index (χ3v) is 6.07. The Morgan fingerprint density at radius 3 is 2.70 bits per heavy atom. The van der Waals surface area contributed by atoms with Crippen LogP contribution in [0.25, 0.3) is 10.9 Å². The number of aryl methyl sites for hydroxylation is 1. The average molecular weight is 414 g/mol. The van der Waals surface area contributed by atoms with Crippen LogP contribution in [0.1, 0.15) is 63.5 Å². The molecule has 2 heterocycles. The van der Waals surface area contributed by atoms with Crippen molar-refractivity contribution in [1.82, 2.24) is 25.2 Å². The number of tetrazole rings is 1. The zero-order chi connectivity index (χ0) is 21.9. The Bertz CT molecular complexity index is 1060. The molecule has 0 aliphatic heterocycles. The second kappa shape index (κ2) is 9.06. The molecule has 2 atom stereocenters. The lowest BCUT2D eigenvalue weighted by molar-refractivity contribution is -0.946. The summed E-state index contributed by atoms with van der Waals surface area (Å²) in [4.78, 5) is 16.9. The molecule has 1 aromatic carbocycles. The molecule has 0 saturated heterocycles. The number of fused-ring (bicyclic) bond motifs is 1. The van der Waals surface area contributed by atoms with Gasteiger partial charge in [-0.3, -0.25) is 4.79 Å². The number of aromatic nitrogens is 5. The van der Waals surface area contributed by atoms with Gasteiger partial charge in [0, 0.05) is 11.9 Å². The monoisotopic (exact) mass is 413 g/mol. The molecule has 162 valence electrons. The molecule has 1 unspecified atom stereocenters. The summed E-state index contributed by atoms with van der Waals surface area (Å²) >= 11 is 0. The van der Waals surface area contributed by atoms with Gasteiger partial charge in [-0.25, -0.2) is 4.68 Å². The van der Waals surface area contributed by atoms with Crippen LogP contribution >= 0.6 is 0 Å². The van der Waals surface area contributed by atoms with E-state index < -0.39 is 0 Å². The topological polar surface area (TPSA) is 101 Å². The van der Waals surface area contributed by atoms with E-state index >= 15 is 0 Å². The number of aliphatic hydroxyl groups excluding tert-OH is 1. The van der Waals surface area contributed by atoms with E-state index in [0.29, 0.717) is 18.7 Å². The third kappa shape index (κ3) is 4.44. The van der Waals surface area contributed by atoms with Crippen LogP contribution < -0.4 is 10.5 Å². The van der Waals surface area contributed by atoms with Gasteiger partial charge >= 0.3 is 0 Å². The molecule has 8 nitrogen and oxygen atoms in total. The van der Waals surface area contributed by atoms with Gasteiger partial charge in [0.15, 0.2) is 0 Å². The standard InChI is InChI=1S/C22H32N6O2/c1-6-19(20-24-25-26-28(20)22(4,5)7-2)27(10-11-29)14-17-13-16-9-8-15(3)12-18(16)23-21(17)30/h8-9,12-13,19,29H,6-7,10-11,14H2,1-5H3,(H,23,30)/p+1/t19-/m1/s1. The molecular weight excluding hydrogens is 380 g/mol. The van der Waals surface area contributed by atoms with Crippen molar-refractivity contribution in [3.8, 4) is 0 Å². The fourth-order valence-electron chi connectivity index (χ4n) is 3.91. The Hall–Kier alpha value is -2.58. The normalized spacial score (nSPS) is 14.2. The number of benzene rings is 1. The Morgan fingerprint density at radius 2 is 2.03 bits per heavy atom. The van der Waals surface area contributed by atoms with Crippen molar-refractivity contribution < 1.29 is 10.0 Å². The highest BCUT2D eigenvalue weighted by Crippen LogP contribution is 2.22. The van der Waals surface area contributed by atoms with E-state index in [1.807, 2.05) is 35.9 Å². The largest absolute Gasteiger partial charge is 0.391 e. The number of pyridine rings is 1. The van der Waals surface area contributed by atoms with Gasteiger partial charge in [-0.2, -0.15) is 0 Å². The lowest BCUT2D eigenvalue weighted by Crippen LogP contribution is -3.11. The quantitative estimate of drug-likeness (QED) is 0.493. The van der Waals surface area contributed by atoms with Crippen LogP contribution in [0.3, 0.4) is 0 Å². The van der Waals surface area contributed by atoms with Crippen molar-refractivity contribution in [2.45, 2.75) is 65.6 Å². The Balaban J connectivity index is 1.99. The number of hydrogen-bond acceptors (Lipinski definition) is 5. The molecule has 3 aromatic rings. The smallest absolute Gasteiger partial charge is 0.257 e. The lowest BCUT2D eigenvalue weighted by atomic mass is 10.0. The summed E-state index contributed by atoms with van der Waals surface area (Å²) in [6, 6.07) is 7.97. The molecule has 3 rings (SSSR count). The number of rotatable bonds is 9. The molecule has 0 aliphatic rings. The molecule has 0 fully saturated rings. The Labute approximate surface area is 176 Å². The second-order valence-corrected chi connectivity index (χ2v) is 8.60. The number of nitrogens with one attached hydrogen (secondary N) is 2. The van der Waals surface area contributed by atoms with Gasteiger partial charge in [0.2, 0.25) is 5.82 Å². The molecule has 8 heteroatoms. The van der Waals surface area contributed by atoms with Gasteiger partial charge < -0.3 is 15.0 Å². The van der Waals surface area contributed by atoms with Crippen LogP contribution in [-0.2, 0) is 12.1 Å². The van der Waals surface area contributed by atoms with Gasteiger partial charge in [0.05, 0.1) is 17.7 Å². The number of hydrogen-bond donors (Lipinski definition) is 3. The summed E-state index contributed by atoms with van der Waals surface area (Å²) in [7, 11) is 0. The van der Waals surface area contributed by atoms with Crippen LogP contribution in [0.2, 0.25) is 0 Å². The summed E-state index contributed by atoms with van der Waals surface area (Å²) < 4.78 is 1.89. The van der Waals surface area contributed by atoms with Gasteiger partial charge in [0.25, 0.3) is 5.56 Å². The average Bonchev–Trinajstić information content (AvgIpc) is 3.20. The van der Waals surface area contributed by atoms with Crippen LogP contribution in [0, 0.1) is 6.92 Å². The number of aliphatic hydroxyl groups is 1. The SMILES string of the molecule is CC[C@H](c1nnnn1C(C)(C)CC)[NH+](CCO)Cc1cc2ccc(C)cc2[nH]c1=O. The van der Waals surface area contributed by atoms with Crippen LogP contribution in [-0.4, -0.2) is 43.4 Å². The van der Waals surface area contributed by atoms with Crippen LogP contribution in [0.5, 0.6) is 0 Å². The molecule has 0 bridgehead atoms. The van der Waals surface area contributed by atoms with Crippen molar-refractivity contribution >= 4 is 10.9 Å². The van der Waals surface area contributed by atoms with Crippen molar-refractivity contribution in [3.63, 3.8) is 0 Å². The molecule has 2 aromatic heterocycles. The van der Waals surface area contributed by atoms with E-state index in [9.17, 15) is 9.90 Å². The first-order valence-electron chi connectivity index (χ1n) is 10.7. The first kappa shape index (κ1) is 22.1. The summed E-state index contributed by atoms with van der Waals surface area (Å²) in [5, 5.41) is 23.3. The molecule has 30 heavy (non-hydrogen) atoms. The van der Waals surface area contributed by atoms with E-state index in [1.54, 1.807) is 0 Å². The van der Waals surface area contributed by atoms with E-state index in [4.69, 9.17) is 0 Å². The number of aromatic amines is 1. The highest BCUT2D eigenvalue weighted by atomic mass is 16.3. The zero-order valence-corrected chi connectivity index (χ0v) is 18.6. The van der Waals surface area contributed by atoms with Crippen molar-refractivity contribution in [2.24, 2.45) is 0 Å². The Kier molecular flexibility index (Phi) is 6.67. The number of H-pyrrole nitrogens is 1. The molecule has 0 aliphatic carbocycles. The minimum Gasteiger partial charge on any atom is -0.391 e. The maximum atomic E-state index is 12.8. The third-order valence-electron chi connectivity index (χ3n) is 6.07. The molecule has 0 radical (unpaired) electrons. The predicted molar refractivity (Wildman–Crippen MR) is 116 cm³/mol. The minimum absolute atomic E-state index is 0.0231. The molecule has 3 N–H and O–H groups in total. The molecular formula is C22H33N6O2+. The molecule has 0 saturated carbocycles. The van der Waals surface area contributed by atoms with Gasteiger partial charge in [-0.1, -0.05) is 26.0 Å². The fraction of sp³-hybridized carbons (Fsp3) is 0.545. The Morgan fingerprint density at radius 1 is 1.27 bits per heavy atom. The molecule has 0 amide bonds. The summed E-state index contributed by atoms with van der Waals surface area (Å²) in [6.45, 7) is 11.4. The van der Waals surface area contributed by atoms with Gasteiger partial charge in [0.1, 0.15) is 19.1 Å². The van der Waals surface area contributed by atoms with E-state index in [0.717, 1.165) is 40.0 Å². The summed E-state index contributed by atoms with van der Waals surface area (Å²) in [5.41, 5.74) is 2.34. The fourth-order valence-corrected chi connectivity index (χ4v) is 3.91. The lowest BCUT2D eigenvalue weighted by Gasteiger charge is -2.30. The summed E-state index contributed by atoms with van der Waals surface area (Å²) in [6.07, 6.45) is 1.68. The highest BCUT2D eigenvalue weighted by Gasteiger charge is 2.33. The number of quaternary nitrogens is 1. The first-order valence-corrected chi connectivity index (χ1v) is 10.7. The van der Waals surface area contributed by atoms with Crippen molar-refractivity contribution in [2.75, 3.05) is 13.2 Å². The van der Waals surface area contributed by atoms with Crippen molar-refractivity contribution in [3.05, 3.63) is 51.6 Å².